The second-order valence-corrected chi connectivity index (χ2v) is 8.57. The van der Waals surface area contributed by atoms with Crippen LogP contribution >= 0.6 is 0 Å². The van der Waals surface area contributed by atoms with E-state index >= 15 is 0 Å². The van der Waals surface area contributed by atoms with E-state index in [0.717, 1.165) is 36.8 Å². The van der Waals surface area contributed by atoms with Crippen molar-refractivity contribution < 1.29 is 19.6 Å². The van der Waals surface area contributed by atoms with Gasteiger partial charge in [0.25, 0.3) is 5.69 Å². The Kier molecular flexibility index (Phi) is 7.86. The molecular weight excluding hydrogens is 450 g/mol. The van der Waals surface area contributed by atoms with Gasteiger partial charge in [0.15, 0.2) is 0 Å². The van der Waals surface area contributed by atoms with E-state index in [2.05, 4.69) is 15.6 Å². The molecule has 1 aliphatic heterocycles. The van der Waals surface area contributed by atoms with Crippen molar-refractivity contribution in [3.63, 3.8) is 0 Å². The zero-order valence-electron chi connectivity index (χ0n) is 19.5. The van der Waals surface area contributed by atoms with E-state index in [-0.39, 0.29) is 30.7 Å². The summed E-state index contributed by atoms with van der Waals surface area (Å²) in [5, 5.41) is 29.2. The number of aliphatic hydroxyl groups excluding tert-OH is 1. The topological polar surface area (TPSA) is 130 Å². The number of anilines is 1. The second-order valence-electron chi connectivity index (χ2n) is 8.57. The number of piperidine rings is 1. The molecule has 0 bridgehead atoms. The molecule has 2 aromatic carbocycles. The predicted molar refractivity (Wildman–Crippen MR) is 132 cm³/mol. The summed E-state index contributed by atoms with van der Waals surface area (Å²) in [4.78, 5) is 29.8. The van der Waals surface area contributed by atoms with Crippen molar-refractivity contribution in [2.24, 2.45) is 0 Å². The summed E-state index contributed by atoms with van der Waals surface area (Å²) in [6, 6.07) is 13.3. The van der Waals surface area contributed by atoms with E-state index in [1.54, 1.807) is 25.4 Å². The van der Waals surface area contributed by atoms with Gasteiger partial charge >= 0.3 is 0 Å². The molecule has 1 aromatic heterocycles. The number of fused-ring (bicyclic) bond motifs is 1. The third-order valence-corrected chi connectivity index (χ3v) is 6.26. The van der Waals surface area contributed by atoms with Crippen molar-refractivity contribution in [2.75, 3.05) is 38.6 Å². The Morgan fingerprint density at radius 3 is 2.83 bits per heavy atom. The number of rotatable bonds is 9. The van der Waals surface area contributed by atoms with Crippen molar-refractivity contribution in [2.45, 2.75) is 25.0 Å². The number of non-ortho nitro benzene ring substituents is 1. The number of aromatic nitrogens is 1. The Bertz CT molecular complexity index is 1200. The highest BCUT2D eigenvalue weighted by Crippen LogP contribution is 2.28. The number of ether oxygens (including phenoxy) is 1. The van der Waals surface area contributed by atoms with E-state index in [1.165, 1.54) is 18.2 Å². The molecule has 1 fully saturated rings. The number of nitrogens with zero attached hydrogens (tertiary/aromatic N) is 3. The van der Waals surface area contributed by atoms with Crippen molar-refractivity contribution in [1.82, 2.24) is 15.2 Å². The standard InChI is InChI=1S/C25H29N5O5/c1-35-20-5-6-23-22(14-20)21(9-12-27-23)24(31)15-29(18-7-10-26-11-8-18)16-25(32)28-17-3-2-4-19(13-17)30(33)34/h2-6,9,12-14,18,24,26,31H,7-8,10-11,15-16H2,1H3,(H,28,32)/t24-/m0/s1. The molecule has 10 nitrogen and oxygen atoms in total. The van der Waals surface area contributed by atoms with Crippen LogP contribution in [0.25, 0.3) is 10.9 Å². The molecule has 0 radical (unpaired) electrons. The fourth-order valence-corrected chi connectivity index (χ4v) is 4.48. The van der Waals surface area contributed by atoms with Gasteiger partial charge < -0.3 is 20.5 Å². The van der Waals surface area contributed by atoms with Crippen LogP contribution in [-0.2, 0) is 4.79 Å². The zero-order chi connectivity index (χ0) is 24.8. The molecule has 0 saturated carbocycles. The number of pyridine rings is 1. The molecule has 1 saturated heterocycles. The average molecular weight is 480 g/mol. The lowest BCUT2D eigenvalue weighted by atomic mass is 10.0. The largest absolute Gasteiger partial charge is 0.497 e. The Hall–Kier alpha value is -3.60. The van der Waals surface area contributed by atoms with Gasteiger partial charge in [0.2, 0.25) is 5.91 Å². The molecule has 0 spiro atoms. The molecule has 10 heteroatoms. The highest BCUT2D eigenvalue weighted by Gasteiger charge is 2.26. The molecule has 3 aromatic rings. The first-order valence-electron chi connectivity index (χ1n) is 11.5. The van der Waals surface area contributed by atoms with Crippen LogP contribution in [0.2, 0.25) is 0 Å². The van der Waals surface area contributed by atoms with Gasteiger partial charge in [0, 0.05) is 42.0 Å². The van der Waals surface area contributed by atoms with Crippen LogP contribution in [0.4, 0.5) is 11.4 Å². The van der Waals surface area contributed by atoms with Gasteiger partial charge in [0.05, 0.1) is 30.2 Å². The van der Waals surface area contributed by atoms with Crippen molar-refractivity contribution in [1.29, 1.82) is 0 Å². The van der Waals surface area contributed by atoms with Crippen LogP contribution in [0.15, 0.2) is 54.7 Å². The second kappa shape index (κ2) is 11.2. The summed E-state index contributed by atoms with van der Waals surface area (Å²) in [7, 11) is 1.59. The summed E-state index contributed by atoms with van der Waals surface area (Å²) in [6.45, 7) is 1.97. The molecule has 3 N–H and O–H groups in total. The summed E-state index contributed by atoms with van der Waals surface area (Å²) in [6.07, 6.45) is 2.51. The molecule has 0 aliphatic carbocycles. The Balaban J connectivity index is 1.53. The summed E-state index contributed by atoms with van der Waals surface area (Å²) in [5.41, 5.74) is 1.74. The molecular formula is C25H29N5O5. The fourth-order valence-electron chi connectivity index (χ4n) is 4.48. The van der Waals surface area contributed by atoms with Gasteiger partial charge in [0.1, 0.15) is 5.75 Å². The molecule has 184 valence electrons. The molecule has 1 aliphatic rings. The van der Waals surface area contributed by atoms with Gasteiger partial charge in [-0.1, -0.05) is 6.07 Å². The van der Waals surface area contributed by atoms with Gasteiger partial charge in [-0.05, 0) is 61.8 Å². The Labute approximate surface area is 203 Å². The number of nitro groups is 1. The van der Waals surface area contributed by atoms with Crippen LogP contribution in [0.5, 0.6) is 5.75 Å². The predicted octanol–water partition coefficient (Wildman–Crippen LogP) is 2.88. The minimum Gasteiger partial charge on any atom is -0.497 e. The fraction of sp³-hybridized carbons (Fsp3) is 0.360. The van der Waals surface area contributed by atoms with Crippen LogP contribution in [0.1, 0.15) is 24.5 Å². The third kappa shape index (κ3) is 6.10. The van der Waals surface area contributed by atoms with Crippen LogP contribution in [0.3, 0.4) is 0 Å². The number of hydrogen-bond donors (Lipinski definition) is 3. The molecule has 1 amide bonds. The van der Waals surface area contributed by atoms with Crippen molar-refractivity contribution in [3.05, 3.63) is 70.4 Å². The lowest BCUT2D eigenvalue weighted by Gasteiger charge is -2.35. The average Bonchev–Trinajstić information content (AvgIpc) is 2.88. The first kappa shape index (κ1) is 24.5. The summed E-state index contributed by atoms with van der Waals surface area (Å²) < 4.78 is 5.34. The van der Waals surface area contributed by atoms with Crippen LogP contribution < -0.4 is 15.4 Å². The molecule has 0 unspecified atom stereocenters. The maximum Gasteiger partial charge on any atom is 0.271 e. The lowest BCUT2D eigenvalue weighted by Crippen LogP contribution is -2.47. The lowest BCUT2D eigenvalue weighted by molar-refractivity contribution is -0.384. The normalized spacial score (nSPS) is 15.2. The molecule has 2 heterocycles. The molecule has 4 rings (SSSR count). The number of methoxy groups -OCH3 is 1. The number of carbonyl (C=O) groups is 1. The van der Waals surface area contributed by atoms with Gasteiger partial charge in [-0.2, -0.15) is 0 Å². The van der Waals surface area contributed by atoms with Crippen molar-refractivity contribution in [3.8, 4) is 5.75 Å². The third-order valence-electron chi connectivity index (χ3n) is 6.26. The highest BCUT2D eigenvalue weighted by atomic mass is 16.6. The number of nitrogens with one attached hydrogen (secondary N) is 2. The number of hydrogen-bond acceptors (Lipinski definition) is 8. The number of carbonyl (C=O) groups excluding carboxylic acids is 1. The Morgan fingerprint density at radius 1 is 1.29 bits per heavy atom. The zero-order valence-corrected chi connectivity index (χ0v) is 19.5. The minimum absolute atomic E-state index is 0.0523. The maximum atomic E-state index is 12.9. The van der Waals surface area contributed by atoms with Gasteiger partial charge in [-0.15, -0.1) is 0 Å². The van der Waals surface area contributed by atoms with E-state index in [9.17, 15) is 20.0 Å². The Morgan fingerprint density at radius 2 is 2.09 bits per heavy atom. The maximum absolute atomic E-state index is 12.9. The smallest absolute Gasteiger partial charge is 0.271 e. The van der Waals surface area contributed by atoms with E-state index in [0.29, 0.717) is 17.0 Å². The quantitative estimate of drug-likeness (QED) is 0.316. The SMILES string of the molecule is COc1ccc2nccc([C@@H](O)CN(CC(=O)Nc3cccc([N+](=O)[O-])c3)C3CCNCC3)c2c1. The first-order chi connectivity index (χ1) is 16.9. The minimum atomic E-state index is -0.854. The van der Waals surface area contributed by atoms with Crippen molar-refractivity contribution >= 4 is 28.2 Å². The number of nitro benzene ring substituents is 1. The molecule has 1 atom stereocenters. The van der Waals surface area contributed by atoms with Gasteiger partial charge in [-0.3, -0.25) is 24.8 Å². The van der Waals surface area contributed by atoms with E-state index in [4.69, 9.17) is 4.74 Å². The van der Waals surface area contributed by atoms with Crippen LogP contribution in [0, 0.1) is 10.1 Å². The highest BCUT2D eigenvalue weighted by molar-refractivity contribution is 5.92. The monoisotopic (exact) mass is 479 g/mol. The van der Waals surface area contributed by atoms with E-state index < -0.39 is 11.0 Å². The number of benzene rings is 2. The summed E-state index contributed by atoms with van der Waals surface area (Å²) >= 11 is 0. The summed E-state index contributed by atoms with van der Waals surface area (Å²) in [5.74, 6) is 0.378. The number of aliphatic hydroxyl groups is 1. The molecule has 35 heavy (non-hydrogen) atoms. The van der Waals surface area contributed by atoms with Crippen LogP contribution in [-0.4, -0.2) is 65.2 Å². The van der Waals surface area contributed by atoms with Gasteiger partial charge in [-0.25, -0.2) is 0 Å². The van der Waals surface area contributed by atoms with E-state index in [1.807, 2.05) is 23.1 Å². The number of amides is 1. The first-order valence-corrected chi connectivity index (χ1v) is 11.5.